The third-order valence-corrected chi connectivity index (χ3v) is 4.57. The van der Waals surface area contributed by atoms with Gasteiger partial charge in [-0.1, -0.05) is 61.7 Å². The van der Waals surface area contributed by atoms with Gasteiger partial charge in [0.15, 0.2) is 0 Å². The second kappa shape index (κ2) is 7.96. The lowest BCUT2D eigenvalue weighted by Gasteiger charge is -2.27. The third kappa shape index (κ3) is 4.10. The Morgan fingerprint density at radius 3 is 2.33 bits per heavy atom. The van der Waals surface area contributed by atoms with Crippen LogP contribution in [0.5, 0.6) is 0 Å². The van der Waals surface area contributed by atoms with Crippen LogP contribution < -0.4 is 5.32 Å². The monoisotopic (exact) mass is 311 g/mol. The minimum absolute atomic E-state index is 0.492. The average molecular weight is 312 g/mol. The Morgan fingerprint density at radius 2 is 1.83 bits per heavy atom. The van der Waals surface area contributed by atoms with E-state index in [1.165, 1.54) is 34.9 Å². The van der Waals surface area contributed by atoms with E-state index < -0.39 is 0 Å². The number of hydrogen-bond donors (Lipinski definition) is 1. The number of halogens is 1. The van der Waals surface area contributed by atoms with Crippen LogP contribution in [0.3, 0.4) is 0 Å². The van der Waals surface area contributed by atoms with E-state index in [1.807, 2.05) is 0 Å². The first kappa shape index (κ1) is 15.7. The summed E-state index contributed by atoms with van der Waals surface area (Å²) in [6.45, 7) is 10.1. The molecule has 0 fully saturated rings. The first-order chi connectivity index (χ1) is 8.63. The van der Waals surface area contributed by atoms with Gasteiger partial charge in [0.2, 0.25) is 0 Å². The smallest absolute Gasteiger partial charge is 0.0348 e. The zero-order valence-corrected chi connectivity index (χ0v) is 13.7. The molecule has 102 valence electrons. The Kier molecular flexibility index (Phi) is 6.95. The summed E-state index contributed by atoms with van der Waals surface area (Å²) in [6, 6.07) is 7.23. The molecule has 0 heterocycles. The van der Waals surface area contributed by atoms with Crippen LogP contribution in [0, 0.1) is 12.8 Å². The SMILES string of the molecule is CCCNC(c1ccc(Br)c(C)c1)C(CC)CC. The molecule has 1 nitrogen and oxygen atoms in total. The predicted molar refractivity (Wildman–Crippen MR) is 84.0 cm³/mol. The number of aryl methyl sites for hydroxylation is 1. The van der Waals surface area contributed by atoms with Crippen LogP contribution >= 0.6 is 15.9 Å². The summed E-state index contributed by atoms with van der Waals surface area (Å²) < 4.78 is 1.20. The maximum atomic E-state index is 3.72. The molecule has 1 atom stereocenters. The van der Waals surface area contributed by atoms with Crippen LogP contribution in [-0.4, -0.2) is 6.54 Å². The molecule has 1 N–H and O–H groups in total. The second-order valence-corrected chi connectivity index (χ2v) is 5.87. The summed E-state index contributed by atoms with van der Waals surface area (Å²) >= 11 is 3.58. The van der Waals surface area contributed by atoms with Gasteiger partial charge in [-0.3, -0.25) is 0 Å². The van der Waals surface area contributed by atoms with E-state index in [9.17, 15) is 0 Å². The van der Waals surface area contributed by atoms with Gasteiger partial charge in [0.25, 0.3) is 0 Å². The first-order valence-corrected chi connectivity index (χ1v) is 7.92. The van der Waals surface area contributed by atoms with Crippen LogP contribution in [0.4, 0.5) is 0 Å². The standard InChI is InChI=1S/C16H26BrN/c1-5-10-18-16(13(6-2)7-3)14-8-9-15(17)12(4)11-14/h8-9,11,13,16,18H,5-7,10H2,1-4H3. The molecule has 0 radical (unpaired) electrons. The molecule has 2 heteroatoms. The highest BCUT2D eigenvalue weighted by Gasteiger charge is 2.19. The molecule has 18 heavy (non-hydrogen) atoms. The second-order valence-electron chi connectivity index (χ2n) is 5.02. The maximum Gasteiger partial charge on any atom is 0.0348 e. The minimum atomic E-state index is 0.492. The molecule has 1 aromatic carbocycles. The normalized spacial score (nSPS) is 13.0. The molecule has 0 spiro atoms. The largest absolute Gasteiger partial charge is 0.310 e. The lowest BCUT2D eigenvalue weighted by atomic mass is 9.88. The Balaban J connectivity index is 2.96. The van der Waals surface area contributed by atoms with Crippen molar-refractivity contribution >= 4 is 15.9 Å². The van der Waals surface area contributed by atoms with Gasteiger partial charge in [-0.25, -0.2) is 0 Å². The van der Waals surface area contributed by atoms with Crippen molar-refractivity contribution in [2.75, 3.05) is 6.54 Å². The van der Waals surface area contributed by atoms with Gasteiger partial charge in [0, 0.05) is 10.5 Å². The summed E-state index contributed by atoms with van der Waals surface area (Å²) in [7, 11) is 0. The molecule has 0 saturated carbocycles. The van der Waals surface area contributed by atoms with Crippen LogP contribution in [0.15, 0.2) is 22.7 Å². The van der Waals surface area contributed by atoms with Crippen molar-refractivity contribution in [3.05, 3.63) is 33.8 Å². The lowest BCUT2D eigenvalue weighted by Crippen LogP contribution is -2.28. The number of nitrogens with one attached hydrogen (secondary N) is 1. The van der Waals surface area contributed by atoms with Gasteiger partial charge in [0.1, 0.15) is 0 Å². The molecular formula is C16H26BrN. The molecule has 0 aromatic heterocycles. The predicted octanol–water partition coefficient (Wildman–Crippen LogP) is 5.23. The summed E-state index contributed by atoms with van der Waals surface area (Å²) in [4.78, 5) is 0. The Hall–Kier alpha value is -0.340. The van der Waals surface area contributed by atoms with Crippen molar-refractivity contribution in [3.8, 4) is 0 Å². The van der Waals surface area contributed by atoms with Crippen LogP contribution in [0.25, 0.3) is 0 Å². The lowest BCUT2D eigenvalue weighted by molar-refractivity contribution is 0.341. The highest BCUT2D eigenvalue weighted by Crippen LogP contribution is 2.29. The summed E-state index contributed by atoms with van der Waals surface area (Å²) in [5.41, 5.74) is 2.75. The van der Waals surface area contributed by atoms with E-state index in [4.69, 9.17) is 0 Å². The van der Waals surface area contributed by atoms with Gasteiger partial charge < -0.3 is 5.32 Å². The molecule has 1 aromatic rings. The van der Waals surface area contributed by atoms with Crippen molar-refractivity contribution in [2.45, 2.75) is 53.0 Å². The molecule has 0 aliphatic heterocycles. The molecule has 0 aliphatic carbocycles. The van der Waals surface area contributed by atoms with E-state index in [2.05, 4.69) is 67.1 Å². The molecule has 0 amide bonds. The fourth-order valence-corrected chi connectivity index (χ4v) is 2.72. The summed E-state index contributed by atoms with van der Waals surface area (Å²) in [5.74, 6) is 0.720. The highest BCUT2D eigenvalue weighted by molar-refractivity contribution is 9.10. The van der Waals surface area contributed by atoms with E-state index >= 15 is 0 Å². The molecule has 0 bridgehead atoms. The van der Waals surface area contributed by atoms with Crippen LogP contribution in [0.2, 0.25) is 0 Å². The Labute approximate surface area is 120 Å². The van der Waals surface area contributed by atoms with Crippen LogP contribution in [0.1, 0.15) is 57.2 Å². The van der Waals surface area contributed by atoms with Gasteiger partial charge in [0.05, 0.1) is 0 Å². The molecule has 0 saturated heterocycles. The quantitative estimate of drug-likeness (QED) is 0.726. The van der Waals surface area contributed by atoms with Crippen molar-refractivity contribution < 1.29 is 0 Å². The zero-order valence-electron chi connectivity index (χ0n) is 12.1. The van der Waals surface area contributed by atoms with E-state index in [-0.39, 0.29) is 0 Å². The Bertz CT molecular complexity index is 358. The van der Waals surface area contributed by atoms with Gasteiger partial charge in [-0.05, 0) is 43.0 Å². The molecule has 1 unspecified atom stereocenters. The topological polar surface area (TPSA) is 12.0 Å². The summed E-state index contributed by atoms with van der Waals surface area (Å²) in [6.07, 6.45) is 3.64. The summed E-state index contributed by atoms with van der Waals surface area (Å²) in [5, 5.41) is 3.72. The molecule has 1 rings (SSSR count). The number of rotatable bonds is 7. The number of hydrogen-bond acceptors (Lipinski definition) is 1. The maximum absolute atomic E-state index is 3.72. The van der Waals surface area contributed by atoms with E-state index in [1.54, 1.807) is 0 Å². The molecular weight excluding hydrogens is 286 g/mol. The minimum Gasteiger partial charge on any atom is -0.310 e. The first-order valence-electron chi connectivity index (χ1n) is 7.13. The van der Waals surface area contributed by atoms with Gasteiger partial charge >= 0.3 is 0 Å². The molecule has 0 aliphatic rings. The van der Waals surface area contributed by atoms with Crippen LogP contribution in [-0.2, 0) is 0 Å². The number of benzene rings is 1. The van der Waals surface area contributed by atoms with Crippen molar-refractivity contribution in [1.29, 1.82) is 0 Å². The fourth-order valence-electron chi connectivity index (χ4n) is 2.48. The van der Waals surface area contributed by atoms with Gasteiger partial charge in [-0.2, -0.15) is 0 Å². The van der Waals surface area contributed by atoms with E-state index in [0.717, 1.165) is 12.5 Å². The van der Waals surface area contributed by atoms with Crippen molar-refractivity contribution in [2.24, 2.45) is 5.92 Å². The van der Waals surface area contributed by atoms with Crippen molar-refractivity contribution in [1.82, 2.24) is 5.32 Å². The fraction of sp³-hybridized carbons (Fsp3) is 0.625. The third-order valence-electron chi connectivity index (χ3n) is 3.68. The van der Waals surface area contributed by atoms with Crippen molar-refractivity contribution in [3.63, 3.8) is 0 Å². The average Bonchev–Trinajstić information content (AvgIpc) is 2.38. The zero-order chi connectivity index (χ0) is 13.5. The van der Waals surface area contributed by atoms with Gasteiger partial charge in [-0.15, -0.1) is 0 Å². The highest BCUT2D eigenvalue weighted by atomic mass is 79.9. The van der Waals surface area contributed by atoms with E-state index in [0.29, 0.717) is 6.04 Å². The Morgan fingerprint density at radius 1 is 1.17 bits per heavy atom.